The second kappa shape index (κ2) is 7.87. The maximum absolute atomic E-state index is 12.3. The van der Waals surface area contributed by atoms with Crippen molar-refractivity contribution in [1.82, 2.24) is 0 Å². The number of aryl methyl sites for hydroxylation is 1. The van der Waals surface area contributed by atoms with E-state index in [4.69, 9.17) is 5.73 Å². The van der Waals surface area contributed by atoms with E-state index in [9.17, 15) is 9.59 Å². The Hall–Kier alpha value is -2.40. The quantitative estimate of drug-likeness (QED) is 0.751. The molecule has 0 aliphatic rings. The largest absolute Gasteiger partial charge is 0.365 e. The molecule has 0 radical (unpaired) electrons. The molecule has 0 fully saturated rings. The highest BCUT2D eigenvalue weighted by Crippen LogP contribution is 2.33. The van der Waals surface area contributed by atoms with Crippen LogP contribution in [0.15, 0.2) is 30.3 Å². The molecular formula is C21H26N2O2S. The molecule has 0 atom stereocenters. The summed E-state index contributed by atoms with van der Waals surface area (Å²) < 4.78 is 0. The van der Waals surface area contributed by atoms with E-state index >= 15 is 0 Å². The minimum atomic E-state index is -0.511. The van der Waals surface area contributed by atoms with Gasteiger partial charge in [0.15, 0.2) is 0 Å². The van der Waals surface area contributed by atoms with Crippen LogP contribution < -0.4 is 11.1 Å². The molecule has 26 heavy (non-hydrogen) atoms. The van der Waals surface area contributed by atoms with Crippen LogP contribution in [0.4, 0.5) is 5.00 Å². The van der Waals surface area contributed by atoms with E-state index in [1.807, 2.05) is 26.0 Å². The minimum absolute atomic E-state index is 0.0960. The van der Waals surface area contributed by atoms with E-state index in [2.05, 4.69) is 38.2 Å². The van der Waals surface area contributed by atoms with E-state index in [0.29, 0.717) is 17.0 Å². The highest BCUT2D eigenvalue weighted by atomic mass is 32.1. The SMILES string of the molecule is CCc1c(C)sc(NC(=O)/C=C\c2ccc(C(C)(C)C)cc2)c1C(N)=O. The van der Waals surface area contributed by atoms with Gasteiger partial charge in [0.05, 0.1) is 5.56 Å². The molecule has 0 aliphatic carbocycles. The molecule has 5 heteroatoms. The summed E-state index contributed by atoms with van der Waals surface area (Å²) in [6, 6.07) is 8.12. The standard InChI is InChI=1S/C21H26N2O2S/c1-6-16-13(2)26-20(18(16)19(22)25)23-17(24)12-9-14-7-10-15(11-8-14)21(3,4)5/h7-12H,6H2,1-5H3,(H2,22,25)(H,23,24)/b12-9-. The molecule has 138 valence electrons. The van der Waals surface area contributed by atoms with E-state index in [1.165, 1.54) is 23.0 Å². The molecule has 0 aliphatic heterocycles. The van der Waals surface area contributed by atoms with Crippen LogP contribution in [0.5, 0.6) is 0 Å². The molecule has 1 aromatic heterocycles. The summed E-state index contributed by atoms with van der Waals surface area (Å²) in [5.41, 5.74) is 9.10. The van der Waals surface area contributed by atoms with Gasteiger partial charge in [-0.15, -0.1) is 11.3 Å². The van der Waals surface area contributed by atoms with E-state index in [-0.39, 0.29) is 11.3 Å². The lowest BCUT2D eigenvalue weighted by Crippen LogP contribution is -2.16. The second-order valence-electron chi connectivity index (χ2n) is 7.25. The van der Waals surface area contributed by atoms with Crippen molar-refractivity contribution in [3.05, 3.63) is 57.5 Å². The molecule has 2 rings (SSSR count). The smallest absolute Gasteiger partial charge is 0.251 e. The first-order valence-corrected chi connectivity index (χ1v) is 9.46. The topological polar surface area (TPSA) is 72.2 Å². The first-order chi connectivity index (χ1) is 12.1. The number of nitrogens with two attached hydrogens (primary N) is 1. The molecular weight excluding hydrogens is 344 g/mol. The Balaban J connectivity index is 2.14. The third-order valence-corrected chi connectivity index (χ3v) is 5.31. The Morgan fingerprint density at radius 1 is 1.19 bits per heavy atom. The van der Waals surface area contributed by atoms with Gasteiger partial charge in [-0.25, -0.2) is 0 Å². The third-order valence-electron chi connectivity index (χ3n) is 4.25. The number of anilines is 1. The molecule has 0 saturated heterocycles. The Morgan fingerprint density at radius 2 is 1.81 bits per heavy atom. The number of hydrogen-bond acceptors (Lipinski definition) is 3. The fourth-order valence-electron chi connectivity index (χ4n) is 2.77. The lowest BCUT2D eigenvalue weighted by molar-refractivity contribution is -0.111. The number of amides is 2. The molecule has 3 N–H and O–H groups in total. The van der Waals surface area contributed by atoms with Crippen LogP contribution in [0.25, 0.3) is 6.08 Å². The van der Waals surface area contributed by atoms with Gasteiger partial charge in [-0.05, 0) is 41.5 Å². The van der Waals surface area contributed by atoms with Crippen molar-refractivity contribution in [1.29, 1.82) is 0 Å². The van der Waals surface area contributed by atoms with Crippen LogP contribution in [0.2, 0.25) is 0 Å². The first kappa shape index (κ1) is 19.9. The van der Waals surface area contributed by atoms with Gasteiger partial charge in [-0.3, -0.25) is 9.59 Å². The molecule has 2 amide bonds. The molecule has 1 aromatic carbocycles. The third kappa shape index (κ3) is 4.61. The Bertz CT molecular complexity index is 840. The summed E-state index contributed by atoms with van der Waals surface area (Å²) in [5, 5.41) is 3.30. The maximum atomic E-state index is 12.3. The van der Waals surface area contributed by atoms with Crippen LogP contribution >= 0.6 is 11.3 Å². The van der Waals surface area contributed by atoms with Gasteiger partial charge in [0.25, 0.3) is 5.91 Å². The molecule has 0 unspecified atom stereocenters. The molecule has 0 spiro atoms. The summed E-state index contributed by atoms with van der Waals surface area (Å²) in [4.78, 5) is 25.0. The van der Waals surface area contributed by atoms with Crippen molar-refractivity contribution in [2.75, 3.05) is 5.32 Å². The zero-order chi connectivity index (χ0) is 19.5. The van der Waals surface area contributed by atoms with E-state index in [0.717, 1.165) is 16.0 Å². The monoisotopic (exact) mass is 370 g/mol. The number of thiophene rings is 1. The maximum Gasteiger partial charge on any atom is 0.251 e. The zero-order valence-electron chi connectivity index (χ0n) is 16.0. The Kier molecular flexibility index (Phi) is 6.03. The fourth-order valence-corrected chi connectivity index (χ4v) is 3.93. The average molecular weight is 371 g/mol. The average Bonchev–Trinajstić information content (AvgIpc) is 2.87. The number of carbonyl (C=O) groups excluding carboxylic acids is 2. The van der Waals surface area contributed by atoms with Gasteiger partial charge in [-0.2, -0.15) is 0 Å². The molecule has 0 saturated carbocycles. The second-order valence-corrected chi connectivity index (χ2v) is 8.48. The predicted molar refractivity (Wildman–Crippen MR) is 110 cm³/mol. The number of carbonyl (C=O) groups is 2. The van der Waals surface area contributed by atoms with Crippen molar-refractivity contribution < 1.29 is 9.59 Å². The van der Waals surface area contributed by atoms with Gasteiger partial charge in [0.2, 0.25) is 5.91 Å². The molecule has 1 heterocycles. The molecule has 2 aromatic rings. The summed E-state index contributed by atoms with van der Waals surface area (Å²) in [5.74, 6) is -0.792. The van der Waals surface area contributed by atoms with Gasteiger partial charge >= 0.3 is 0 Å². The predicted octanol–water partition coefficient (Wildman–Crippen LogP) is 4.67. The highest BCUT2D eigenvalue weighted by Gasteiger charge is 2.19. The lowest BCUT2D eigenvalue weighted by atomic mass is 9.87. The van der Waals surface area contributed by atoms with E-state index in [1.54, 1.807) is 6.08 Å². The Morgan fingerprint density at radius 3 is 2.31 bits per heavy atom. The van der Waals surface area contributed by atoms with Gasteiger partial charge < -0.3 is 11.1 Å². The van der Waals surface area contributed by atoms with Crippen molar-refractivity contribution in [3.8, 4) is 0 Å². The number of rotatable bonds is 5. The number of hydrogen-bond donors (Lipinski definition) is 2. The summed E-state index contributed by atoms with van der Waals surface area (Å²) >= 11 is 1.38. The summed E-state index contributed by atoms with van der Waals surface area (Å²) in [7, 11) is 0. The van der Waals surface area contributed by atoms with Gasteiger partial charge in [0, 0.05) is 11.0 Å². The van der Waals surface area contributed by atoms with Crippen molar-refractivity contribution >= 4 is 34.2 Å². The Labute approximate surface area is 159 Å². The van der Waals surface area contributed by atoms with Crippen molar-refractivity contribution in [2.45, 2.75) is 46.5 Å². The highest BCUT2D eigenvalue weighted by molar-refractivity contribution is 7.16. The summed E-state index contributed by atoms with van der Waals surface area (Å²) in [6.45, 7) is 10.4. The van der Waals surface area contributed by atoms with Gasteiger partial charge in [-0.1, -0.05) is 52.0 Å². The number of nitrogens with one attached hydrogen (secondary N) is 1. The van der Waals surface area contributed by atoms with E-state index < -0.39 is 5.91 Å². The first-order valence-electron chi connectivity index (χ1n) is 8.65. The number of primary amides is 1. The van der Waals surface area contributed by atoms with Crippen LogP contribution in [-0.2, 0) is 16.6 Å². The van der Waals surface area contributed by atoms with Crippen LogP contribution in [0, 0.1) is 6.92 Å². The van der Waals surface area contributed by atoms with Crippen molar-refractivity contribution in [2.24, 2.45) is 5.73 Å². The van der Waals surface area contributed by atoms with Crippen LogP contribution in [0.1, 0.15) is 59.6 Å². The van der Waals surface area contributed by atoms with Crippen LogP contribution in [-0.4, -0.2) is 11.8 Å². The minimum Gasteiger partial charge on any atom is -0.365 e. The zero-order valence-corrected chi connectivity index (χ0v) is 16.8. The fraction of sp³-hybridized carbons (Fsp3) is 0.333. The molecule has 0 bridgehead atoms. The summed E-state index contributed by atoms with van der Waals surface area (Å²) in [6.07, 6.45) is 3.93. The van der Waals surface area contributed by atoms with Crippen molar-refractivity contribution in [3.63, 3.8) is 0 Å². The number of benzene rings is 1. The van der Waals surface area contributed by atoms with Crippen LogP contribution in [0.3, 0.4) is 0 Å². The normalized spacial score (nSPS) is 11.7. The molecule has 4 nitrogen and oxygen atoms in total. The lowest BCUT2D eigenvalue weighted by Gasteiger charge is -2.18. The van der Waals surface area contributed by atoms with Gasteiger partial charge in [0.1, 0.15) is 5.00 Å².